The van der Waals surface area contributed by atoms with Crippen molar-refractivity contribution in [3.8, 4) is 0 Å². The molecular weight excluding hydrogens is 583 g/mol. The van der Waals surface area contributed by atoms with Crippen molar-refractivity contribution in [2.24, 2.45) is 0 Å². The van der Waals surface area contributed by atoms with Crippen LogP contribution in [0.1, 0.15) is 13.3 Å². The van der Waals surface area contributed by atoms with Gasteiger partial charge in [0.05, 0.1) is 12.7 Å². The van der Waals surface area contributed by atoms with E-state index in [1.54, 1.807) is 0 Å². The van der Waals surface area contributed by atoms with E-state index in [2.05, 4.69) is 4.74 Å². The predicted molar refractivity (Wildman–Crippen MR) is 80.0 cm³/mol. The highest BCUT2D eigenvalue weighted by Gasteiger charge is 2.95. The van der Waals surface area contributed by atoms with Crippen LogP contribution in [0.4, 0.5) is 74.6 Å². The van der Waals surface area contributed by atoms with Gasteiger partial charge in [0, 0.05) is 6.42 Å². The number of alkyl halides is 17. The van der Waals surface area contributed by atoms with Gasteiger partial charge in [-0.3, -0.25) is 0 Å². The molecule has 0 amide bonds. The SMILES string of the molecule is CC(O)(CO)C(=O)OCC(O)CC(F)(F)C(F)(F)C(F)(F)C(F)(F)C(F)(F)C(F)(F)C(F)(F)C(F)(F)F. The largest absolute Gasteiger partial charge is 0.461 e. The lowest BCUT2D eigenvalue weighted by molar-refractivity contribution is -0.462. The second-order valence-corrected chi connectivity index (χ2v) is 7.54. The first kappa shape index (κ1) is 35.2. The number of hydrogen-bond acceptors (Lipinski definition) is 5. The minimum absolute atomic E-state index is 0.491. The van der Waals surface area contributed by atoms with Crippen LogP contribution in [0.3, 0.4) is 0 Å². The van der Waals surface area contributed by atoms with Gasteiger partial charge >= 0.3 is 53.6 Å². The topological polar surface area (TPSA) is 87.0 Å². The summed E-state index contributed by atoms with van der Waals surface area (Å²) in [5.74, 6) is -59.8. The zero-order valence-corrected chi connectivity index (χ0v) is 17.3. The summed E-state index contributed by atoms with van der Waals surface area (Å²) in [4.78, 5) is 11.2. The van der Waals surface area contributed by atoms with Gasteiger partial charge in [-0.1, -0.05) is 0 Å². The third kappa shape index (κ3) is 5.50. The number of aliphatic hydroxyl groups excluding tert-OH is 2. The van der Waals surface area contributed by atoms with Gasteiger partial charge in [0.1, 0.15) is 6.61 Å². The summed E-state index contributed by atoms with van der Waals surface area (Å²) in [7, 11) is 0. The lowest BCUT2D eigenvalue weighted by Crippen LogP contribution is -2.74. The van der Waals surface area contributed by atoms with Gasteiger partial charge < -0.3 is 20.1 Å². The molecule has 222 valence electrons. The van der Waals surface area contributed by atoms with Gasteiger partial charge in [0.15, 0.2) is 5.60 Å². The fraction of sp³-hybridized carbons (Fsp3) is 0.933. The van der Waals surface area contributed by atoms with Crippen molar-refractivity contribution in [2.75, 3.05) is 13.2 Å². The molecule has 0 radical (unpaired) electrons. The summed E-state index contributed by atoms with van der Waals surface area (Å²) in [5, 5.41) is 26.9. The monoisotopic (exact) mass is 596 g/mol. The maximum Gasteiger partial charge on any atom is 0.460 e. The number of carbonyl (C=O) groups excluding carboxylic acids is 1. The quantitative estimate of drug-likeness (QED) is 0.234. The first-order valence-electron chi connectivity index (χ1n) is 8.73. The molecule has 37 heavy (non-hydrogen) atoms. The standard InChI is InChI=1S/C15H13F17O5/c1-7(36,4-33)6(35)37-3-5(34)2-8(16,17)9(18,19)10(20,21)11(22,23)12(24,25)13(26,27)14(28,29)15(30,31)32/h5,33-34,36H,2-4H2,1H3. The van der Waals surface area contributed by atoms with Gasteiger partial charge in [0.2, 0.25) is 0 Å². The number of carbonyl (C=O) groups is 1. The number of aliphatic hydroxyl groups is 3. The molecule has 0 fully saturated rings. The highest BCUT2D eigenvalue weighted by Crippen LogP contribution is 2.64. The molecule has 0 aliphatic rings. The van der Waals surface area contributed by atoms with E-state index in [4.69, 9.17) is 10.2 Å². The van der Waals surface area contributed by atoms with E-state index in [0.717, 1.165) is 0 Å². The van der Waals surface area contributed by atoms with E-state index in [-0.39, 0.29) is 0 Å². The molecule has 5 nitrogen and oxygen atoms in total. The minimum atomic E-state index is -8.77. The van der Waals surface area contributed by atoms with Crippen LogP contribution in [0.15, 0.2) is 0 Å². The van der Waals surface area contributed by atoms with Gasteiger partial charge in [0.25, 0.3) is 0 Å². The highest BCUT2D eigenvalue weighted by atomic mass is 19.4. The van der Waals surface area contributed by atoms with Crippen LogP contribution in [-0.2, 0) is 9.53 Å². The van der Waals surface area contributed by atoms with Crippen LogP contribution in [0.5, 0.6) is 0 Å². The summed E-state index contributed by atoms with van der Waals surface area (Å²) >= 11 is 0. The molecule has 0 aromatic carbocycles. The first-order chi connectivity index (χ1) is 15.8. The Labute approximate surface area is 192 Å². The highest BCUT2D eigenvalue weighted by molar-refractivity contribution is 5.78. The Balaban J connectivity index is 6.27. The average Bonchev–Trinajstić information content (AvgIpc) is 2.69. The summed E-state index contributed by atoms with van der Waals surface area (Å²) < 4.78 is 227. The van der Waals surface area contributed by atoms with E-state index in [1.165, 1.54) is 0 Å². The van der Waals surface area contributed by atoms with E-state index in [1.807, 2.05) is 0 Å². The molecule has 2 atom stereocenters. The molecule has 0 bridgehead atoms. The maximum absolute atomic E-state index is 13.7. The lowest BCUT2D eigenvalue weighted by Gasteiger charge is -2.43. The molecule has 0 rings (SSSR count). The van der Waals surface area contributed by atoms with Crippen molar-refractivity contribution < 1.29 is 99.5 Å². The van der Waals surface area contributed by atoms with Crippen molar-refractivity contribution in [1.82, 2.24) is 0 Å². The molecule has 0 spiro atoms. The molecule has 2 unspecified atom stereocenters. The van der Waals surface area contributed by atoms with Gasteiger partial charge in [-0.05, 0) is 6.92 Å². The lowest BCUT2D eigenvalue weighted by atomic mass is 9.88. The molecule has 0 aliphatic heterocycles. The number of rotatable bonds is 12. The maximum atomic E-state index is 13.7. The zero-order valence-electron chi connectivity index (χ0n) is 17.3. The number of halogens is 17. The minimum Gasteiger partial charge on any atom is -0.461 e. The van der Waals surface area contributed by atoms with E-state index >= 15 is 0 Å². The first-order valence-corrected chi connectivity index (χ1v) is 8.73. The average molecular weight is 596 g/mol. The van der Waals surface area contributed by atoms with E-state index in [0.29, 0.717) is 6.92 Å². The summed E-state index contributed by atoms with van der Waals surface area (Å²) in [5.41, 5.74) is -2.82. The number of esters is 1. The fourth-order valence-electron chi connectivity index (χ4n) is 2.07. The smallest absolute Gasteiger partial charge is 0.460 e. The Kier molecular flexibility index (Phi) is 9.24. The molecule has 0 saturated carbocycles. The normalized spacial score (nSPS) is 17.9. The van der Waals surface area contributed by atoms with Crippen molar-refractivity contribution in [1.29, 1.82) is 0 Å². The van der Waals surface area contributed by atoms with E-state index < -0.39 is 84.9 Å². The Morgan fingerprint density at radius 2 is 1.00 bits per heavy atom. The molecule has 0 heterocycles. The Bertz CT molecular complexity index is 820. The summed E-state index contributed by atoms with van der Waals surface area (Å²) in [6.45, 7) is -2.91. The second-order valence-electron chi connectivity index (χ2n) is 7.54. The Morgan fingerprint density at radius 1 is 0.676 bits per heavy atom. The molecule has 22 heteroatoms. The molecule has 0 aliphatic carbocycles. The van der Waals surface area contributed by atoms with Crippen molar-refractivity contribution in [2.45, 2.75) is 72.7 Å². The molecule has 0 aromatic rings. The Hall–Kier alpha value is -1.84. The van der Waals surface area contributed by atoms with Crippen molar-refractivity contribution >= 4 is 5.97 Å². The second kappa shape index (κ2) is 9.72. The molecule has 0 saturated heterocycles. The summed E-state index contributed by atoms with van der Waals surface area (Å²) in [6.07, 6.45) is -14.4. The zero-order chi connectivity index (χ0) is 30.5. The fourth-order valence-corrected chi connectivity index (χ4v) is 2.07. The van der Waals surface area contributed by atoms with Crippen molar-refractivity contribution in [3.63, 3.8) is 0 Å². The number of ether oxygens (including phenoxy) is 1. The van der Waals surface area contributed by atoms with Crippen LogP contribution in [0, 0.1) is 0 Å². The van der Waals surface area contributed by atoms with Gasteiger partial charge in [-0.15, -0.1) is 0 Å². The van der Waals surface area contributed by atoms with Crippen LogP contribution in [-0.4, -0.2) is 93.8 Å². The Morgan fingerprint density at radius 3 is 1.32 bits per heavy atom. The van der Waals surface area contributed by atoms with Gasteiger partial charge in [-0.25, -0.2) is 4.79 Å². The molecule has 0 aromatic heterocycles. The molecular formula is C15H13F17O5. The van der Waals surface area contributed by atoms with Crippen LogP contribution >= 0.6 is 0 Å². The summed E-state index contributed by atoms with van der Waals surface area (Å²) in [6, 6.07) is 0. The number of hydrogen-bond donors (Lipinski definition) is 3. The van der Waals surface area contributed by atoms with Crippen LogP contribution < -0.4 is 0 Å². The predicted octanol–water partition coefficient (Wildman–Crippen LogP) is 4.03. The van der Waals surface area contributed by atoms with Crippen LogP contribution in [0.2, 0.25) is 0 Å². The van der Waals surface area contributed by atoms with Crippen molar-refractivity contribution in [3.05, 3.63) is 0 Å². The van der Waals surface area contributed by atoms with Gasteiger partial charge in [-0.2, -0.15) is 74.6 Å². The van der Waals surface area contributed by atoms with Crippen LogP contribution in [0.25, 0.3) is 0 Å². The third-order valence-electron chi connectivity index (χ3n) is 4.43. The molecule has 3 N–H and O–H groups in total. The van der Waals surface area contributed by atoms with E-state index in [9.17, 15) is 84.5 Å². The third-order valence-corrected chi connectivity index (χ3v) is 4.43.